The molecule has 15 heavy (non-hydrogen) atoms. The first-order valence-corrected chi connectivity index (χ1v) is 6.83. The van der Waals surface area contributed by atoms with Gasteiger partial charge in [-0.25, -0.2) is 0 Å². The lowest BCUT2D eigenvalue weighted by atomic mass is 10.0. The van der Waals surface area contributed by atoms with Gasteiger partial charge >= 0.3 is 0 Å². The quantitative estimate of drug-likeness (QED) is 0.462. The molecule has 2 heteroatoms. The summed E-state index contributed by atoms with van der Waals surface area (Å²) in [4.78, 5) is 0. The first kappa shape index (κ1) is 15.2. The maximum Gasteiger partial charge on any atom is 0.0484 e. The van der Waals surface area contributed by atoms with Crippen LogP contribution >= 0.6 is 11.6 Å². The predicted octanol–water partition coefficient (Wildman–Crippen LogP) is 4.34. The van der Waals surface area contributed by atoms with E-state index in [2.05, 4.69) is 33.0 Å². The van der Waals surface area contributed by atoms with E-state index in [1.54, 1.807) is 0 Å². The third kappa shape index (κ3) is 8.10. The molecule has 92 valence electrons. The van der Waals surface area contributed by atoms with Gasteiger partial charge in [0.15, 0.2) is 0 Å². The number of nitrogens with one attached hydrogen (secondary N) is 1. The molecule has 0 aromatic carbocycles. The van der Waals surface area contributed by atoms with Crippen molar-refractivity contribution in [3.63, 3.8) is 0 Å². The van der Waals surface area contributed by atoms with Crippen LogP contribution in [0.1, 0.15) is 66.2 Å². The van der Waals surface area contributed by atoms with Crippen molar-refractivity contribution in [2.24, 2.45) is 0 Å². The summed E-state index contributed by atoms with van der Waals surface area (Å²) < 4.78 is 0. The minimum atomic E-state index is 0.0605. The maximum atomic E-state index is 6.09. The molecular formula is C13H28ClN. The SMILES string of the molecule is CCCCCCCCNC(C)(C)C(C)Cl. The van der Waals surface area contributed by atoms with Gasteiger partial charge in [-0.15, -0.1) is 11.6 Å². The van der Waals surface area contributed by atoms with Crippen LogP contribution in [0.4, 0.5) is 0 Å². The average molecular weight is 234 g/mol. The van der Waals surface area contributed by atoms with Crippen molar-refractivity contribution >= 4 is 11.6 Å². The molecule has 1 N–H and O–H groups in total. The zero-order valence-electron chi connectivity index (χ0n) is 10.9. The minimum absolute atomic E-state index is 0.0605. The van der Waals surface area contributed by atoms with E-state index < -0.39 is 0 Å². The van der Waals surface area contributed by atoms with E-state index >= 15 is 0 Å². The molecule has 0 aliphatic rings. The maximum absolute atomic E-state index is 6.09. The van der Waals surface area contributed by atoms with Crippen LogP contribution in [0, 0.1) is 0 Å². The number of hydrogen-bond donors (Lipinski definition) is 1. The van der Waals surface area contributed by atoms with Crippen LogP contribution < -0.4 is 5.32 Å². The van der Waals surface area contributed by atoms with Gasteiger partial charge in [-0.3, -0.25) is 0 Å². The van der Waals surface area contributed by atoms with E-state index in [1.807, 2.05) is 0 Å². The van der Waals surface area contributed by atoms with Crippen LogP contribution in [-0.2, 0) is 0 Å². The summed E-state index contributed by atoms with van der Waals surface area (Å²) in [5.74, 6) is 0. The van der Waals surface area contributed by atoms with Crippen molar-refractivity contribution < 1.29 is 0 Å². The normalized spacial score (nSPS) is 14.2. The van der Waals surface area contributed by atoms with Gasteiger partial charge in [-0.05, 0) is 33.7 Å². The van der Waals surface area contributed by atoms with Gasteiger partial charge in [0.1, 0.15) is 0 Å². The zero-order valence-corrected chi connectivity index (χ0v) is 11.7. The standard InChI is InChI=1S/C13H28ClN/c1-5-6-7-8-9-10-11-15-13(3,4)12(2)14/h12,15H,5-11H2,1-4H3. The molecule has 0 amide bonds. The molecule has 0 fully saturated rings. The number of hydrogen-bond acceptors (Lipinski definition) is 1. The van der Waals surface area contributed by atoms with Gasteiger partial charge < -0.3 is 5.32 Å². The van der Waals surface area contributed by atoms with E-state index in [0.717, 1.165) is 6.54 Å². The predicted molar refractivity (Wildman–Crippen MR) is 70.8 cm³/mol. The van der Waals surface area contributed by atoms with E-state index in [9.17, 15) is 0 Å². The first-order valence-electron chi connectivity index (χ1n) is 6.39. The van der Waals surface area contributed by atoms with Crippen LogP contribution in [0.25, 0.3) is 0 Å². The Bertz CT molecular complexity index is 143. The molecule has 0 rings (SSSR count). The Hall–Kier alpha value is 0.250. The summed E-state index contributed by atoms with van der Waals surface area (Å²) in [6.45, 7) is 9.74. The van der Waals surface area contributed by atoms with E-state index in [-0.39, 0.29) is 10.9 Å². The lowest BCUT2D eigenvalue weighted by Gasteiger charge is -2.29. The van der Waals surface area contributed by atoms with E-state index in [0.29, 0.717) is 0 Å². The Morgan fingerprint density at radius 1 is 1.07 bits per heavy atom. The van der Waals surface area contributed by atoms with Crippen LogP contribution in [0.3, 0.4) is 0 Å². The van der Waals surface area contributed by atoms with E-state index in [1.165, 1.54) is 38.5 Å². The third-order valence-corrected chi connectivity index (χ3v) is 3.65. The molecule has 0 aromatic rings. The van der Waals surface area contributed by atoms with Gasteiger partial charge in [-0.1, -0.05) is 39.0 Å². The second-order valence-corrected chi connectivity index (χ2v) is 5.69. The Morgan fingerprint density at radius 3 is 2.13 bits per heavy atom. The van der Waals surface area contributed by atoms with Crippen molar-refractivity contribution in [2.75, 3.05) is 6.54 Å². The Labute approximate surface area is 101 Å². The van der Waals surface area contributed by atoms with Gasteiger partial charge in [0.2, 0.25) is 0 Å². The third-order valence-electron chi connectivity index (χ3n) is 3.11. The molecule has 0 heterocycles. The Morgan fingerprint density at radius 2 is 1.60 bits per heavy atom. The number of alkyl halides is 1. The van der Waals surface area contributed by atoms with Crippen LogP contribution in [-0.4, -0.2) is 17.5 Å². The van der Waals surface area contributed by atoms with Crippen LogP contribution in [0.2, 0.25) is 0 Å². The molecule has 0 radical (unpaired) electrons. The zero-order chi connectivity index (χ0) is 11.7. The highest BCUT2D eigenvalue weighted by molar-refractivity contribution is 6.21. The second kappa shape index (κ2) is 8.41. The van der Waals surface area contributed by atoms with Crippen LogP contribution in [0.5, 0.6) is 0 Å². The fourth-order valence-electron chi connectivity index (χ4n) is 1.46. The molecule has 0 aromatic heterocycles. The summed E-state index contributed by atoms with van der Waals surface area (Å²) in [7, 11) is 0. The average Bonchev–Trinajstić information content (AvgIpc) is 2.16. The molecule has 1 unspecified atom stereocenters. The lowest BCUT2D eigenvalue weighted by Crippen LogP contribution is -2.46. The second-order valence-electron chi connectivity index (χ2n) is 5.03. The van der Waals surface area contributed by atoms with Gasteiger partial charge in [-0.2, -0.15) is 0 Å². The molecule has 0 bridgehead atoms. The summed E-state index contributed by atoms with van der Waals surface area (Å²) in [5.41, 5.74) is 0.0605. The smallest absolute Gasteiger partial charge is 0.0484 e. The highest BCUT2D eigenvalue weighted by Crippen LogP contribution is 2.14. The molecule has 1 nitrogen and oxygen atoms in total. The fourth-order valence-corrected chi connectivity index (χ4v) is 1.53. The van der Waals surface area contributed by atoms with Crippen molar-refractivity contribution in [1.29, 1.82) is 0 Å². The largest absolute Gasteiger partial charge is 0.310 e. The fraction of sp³-hybridized carbons (Fsp3) is 1.00. The summed E-state index contributed by atoms with van der Waals surface area (Å²) in [6.07, 6.45) is 8.11. The molecule has 0 spiro atoms. The lowest BCUT2D eigenvalue weighted by molar-refractivity contribution is 0.376. The molecule has 1 atom stereocenters. The van der Waals surface area contributed by atoms with Gasteiger partial charge in [0.05, 0.1) is 0 Å². The van der Waals surface area contributed by atoms with Crippen molar-refractivity contribution in [3.8, 4) is 0 Å². The van der Waals surface area contributed by atoms with Gasteiger partial charge in [0.25, 0.3) is 0 Å². The van der Waals surface area contributed by atoms with Crippen molar-refractivity contribution in [3.05, 3.63) is 0 Å². The van der Waals surface area contributed by atoms with Crippen LogP contribution in [0.15, 0.2) is 0 Å². The number of unbranched alkanes of at least 4 members (excludes halogenated alkanes) is 5. The molecule has 0 aliphatic carbocycles. The molecular weight excluding hydrogens is 206 g/mol. The van der Waals surface area contributed by atoms with E-state index in [4.69, 9.17) is 11.6 Å². The summed E-state index contributed by atoms with van der Waals surface area (Å²) >= 11 is 6.09. The Balaban J connectivity index is 3.31. The summed E-state index contributed by atoms with van der Waals surface area (Å²) in [6, 6.07) is 0. The molecule has 0 saturated carbocycles. The van der Waals surface area contributed by atoms with Gasteiger partial charge in [0, 0.05) is 10.9 Å². The number of halogens is 1. The van der Waals surface area contributed by atoms with Crippen molar-refractivity contribution in [1.82, 2.24) is 5.32 Å². The monoisotopic (exact) mass is 233 g/mol. The first-order chi connectivity index (χ1) is 7.00. The van der Waals surface area contributed by atoms with Crippen molar-refractivity contribution in [2.45, 2.75) is 77.1 Å². The molecule has 0 saturated heterocycles. The highest BCUT2D eigenvalue weighted by Gasteiger charge is 2.22. The minimum Gasteiger partial charge on any atom is -0.310 e. The topological polar surface area (TPSA) is 12.0 Å². The highest BCUT2D eigenvalue weighted by atomic mass is 35.5. The molecule has 0 aliphatic heterocycles. The number of rotatable bonds is 9. The Kier molecular flexibility index (Phi) is 8.55. The summed E-state index contributed by atoms with van der Waals surface area (Å²) in [5, 5.41) is 3.70.